The summed E-state index contributed by atoms with van der Waals surface area (Å²) in [7, 11) is 0. The fourth-order valence-corrected chi connectivity index (χ4v) is 0.662. The summed E-state index contributed by atoms with van der Waals surface area (Å²) < 4.78 is 0. The van der Waals surface area contributed by atoms with Crippen molar-refractivity contribution in [1.29, 1.82) is 0 Å². The molecular weight excluding hydrogens is 128 g/mol. The van der Waals surface area contributed by atoms with Gasteiger partial charge in [-0.2, -0.15) is 0 Å². The van der Waals surface area contributed by atoms with Gasteiger partial charge >= 0.3 is 0 Å². The third kappa shape index (κ3) is 1.52. The fourth-order valence-electron chi connectivity index (χ4n) is 0.662. The van der Waals surface area contributed by atoms with Gasteiger partial charge in [0.05, 0.1) is 0 Å². The molecule has 3 nitrogen and oxygen atoms in total. The zero-order valence-electron chi connectivity index (χ0n) is 5.78. The van der Waals surface area contributed by atoms with Crippen molar-refractivity contribution < 1.29 is 5.11 Å². The van der Waals surface area contributed by atoms with Crippen molar-refractivity contribution in [3.05, 3.63) is 30.1 Å². The van der Waals surface area contributed by atoms with Gasteiger partial charge in [0, 0.05) is 18.0 Å². The lowest BCUT2D eigenvalue weighted by Gasteiger charge is -2.16. The first-order valence-electron chi connectivity index (χ1n) is 3.02. The van der Waals surface area contributed by atoms with Gasteiger partial charge in [-0.1, -0.05) is 6.07 Å². The Bertz CT molecular complexity index is 203. The van der Waals surface area contributed by atoms with Gasteiger partial charge < -0.3 is 5.11 Å². The summed E-state index contributed by atoms with van der Waals surface area (Å²) in [5.41, 5.74) is 4.72. The van der Waals surface area contributed by atoms with Crippen LogP contribution >= 0.6 is 0 Å². The highest BCUT2D eigenvalue weighted by Crippen LogP contribution is 2.10. The average Bonchev–Trinajstić information content (AvgIpc) is 1.88. The molecule has 0 radical (unpaired) electrons. The molecule has 1 atom stereocenters. The molecule has 0 aliphatic carbocycles. The van der Waals surface area contributed by atoms with Gasteiger partial charge in [0.25, 0.3) is 0 Å². The van der Waals surface area contributed by atoms with Crippen LogP contribution in [-0.2, 0) is 5.72 Å². The highest BCUT2D eigenvalue weighted by atomic mass is 16.3. The summed E-state index contributed by atoms with van der Waals surface area (Å²) in [5.74, 6) is 0. The van der Waals surface area contributed by atoms with Gasteiger partial charge in [-0.05, 0) is 13.0 Å². The molecule has 0 aromatic carbocycles. The van der Waals surface area contributed by atoms with Gasteiger partial charge in [0.15, 0.2) is 0 Å². The van der Waals surface area contributed by atoms with E-state index in [1.165, 1.54) is 6.92 Å². The number of hydrogen-bond donors (Lipinski definition) is 2. The molecule has 1 aromatic heterocycles. The van der Waals surface area contributed by atoms with Gasteiger partial charge in [0.1, 0.15) is 5.72 Å². The molecule has 3 heteroatoms. The highest BCUT2D eigenvalue weighted by molar-refractivity contribution is 5.14. The largest absolute Gasteiger partial charge is 0.372 e. The SMILES string of the molecule is CC(N)(O)c1cccnc1. The first kappa shape index (κ1) is 7.18. The Morgan fingerprint density at radius 1 is 1.70 bits per heavy atom. The predicted molar refractivity (Wildman–Crippen MR) is 38.0 cm³/mol. The van der Waals surface area contributed by atoms with Gasteiger partial charge in [-0.15, -0.1) is 0 Å². The van der Waals surface area contributed by atoms with Crippen LogP contribution in [0, 0.1) is 0 Å². The minimum Gasteiger partial charge on any atom is -0.372 e. The smallest absolute Gasteiger partial charge is 0.138 e. The van der Waals surface area contributed by atoms with Crippen molar-refractivity contribution in [3.63, 3.8) is 0 Å². The second kappa shape index (κ2) is 2.36. The molecule has 0 aliphatic rings. The van der Waals surface area contributed by atoms with E-state index in [1.807, 2.05) is 0 Å². The molecule has 3 N–H and O–H groups in total. The minimum absolute atomic E-state index is 0.620. The van der Waals surface area contributed by atoms with Crippen molar-refractivity contribution in [2.75, 3.05) is 0 Å². The lowest BCUT2D eigenvalue weighted by atomic mass is 10.1. The second-order valence-electron chi connectivity index (χ2n) is 2.39. The van der Waals surface area contributed by atoms with Crippen LogP contribution in [0.15, 0.2) is 24.5 Å². The molecule has 0 amide bonds. The maximum absolute atomic E-state index is 9.23. The molecule has 1 unspecified atom stereocenters. The standard InChI is InChI=1S/C7H10N2O/c1-7(8,10)6-3-2-4-9-5-6/h2-5,10H,8H2,1H3. The summed E-state index contributed by atoms with van der Waals surface area (Å²) in [6.07, 6.45) is 3.18. The molecule has 0 saturated heterocycles. The molecule has 0 saturated carbocycles. The van der Waals surface area contributed by atoms with E-state index < -0.39 is 5.72 Å². The molecule has 54 valence electrons. The van der Waals surface area contributed by atoms with E-state index >= 15 is 0 Å². The summed E-state index contributed by atoms with van der Waals surface area (Å²) >= 11 is 0. The monoisotopic (exact) mass is 138 g/mol. The molecular formula is C7H10N2O. The number of aromatic nitrogens is 1. The van der Waals surface area contributed by atoms with Gasteiger partial charge in [0.2, 0.25) is 0 Å². The zero-order chi connectivity index (χ0) is 7.61. The fraction of sp³-hybridized carbons (Fsp3) is 0.286. The van der Waals surface area contributed by atoms with E-state index in [1.54, 1.807) is 24.5 Å². The van der Waals surface area contributed by atoms with E-state index in [2.05, 4.69) is 4.98 Å². The second-order valence-corrected chi connectivity index (χ2v) is 2.39. The Kier molecular flexibility index (Phi) is 1.70. The molecule has 1 heterocycles. The Balaban J connectivity index is 2.97. The van der Waals surface area contributed by atoms with Crippen molar-refractivity contribution in [3.8, 4) is 0 Å². The first-order valence-corrected chi connectivity index (χ1v) is 3.02. The van der Waals surface area contributed by atoms with Crippen molar-refractivity contribution in [2.24, 2.45) is 5.73 Å². The third-order valence-corrected chi connectivity index (χ3v) is 1.25. The minimum atomic E-state index is -1.27. The number of pyridine rings is 1. The van der Waals surface area contributed by atoms with E-state index in [4.69, 9.17) is 5.73 Å². The number of nitrogens with two attached hydrogens (primary N) is 1. The molecule has 0 spiro atoms. The molecule has 0 aliphatic heterocycles. The number of aliphatic hydroxyl groups is 1. The molecule has 1 rings (SSSR count). The van der Waals surface area contributed by atoms with E-state index in [9.17, 15) is 5.11 Å². The predicted octanol–water partition coefficient (Wildman–Crippen LogP) is 0.205. The Hall–Kier alpha value is -0.930. The van der Waals surface area contributed by atoms with Crippen LogP contribution in [0.5, 0.6) is 0 Å². The van der Waals surface area contributed by atoms with Crippen LogP contribution < -0.4 is 5.73 Å². The van der Waals surface area contributed by atoms with Crippen molar-refractivity contribution in [2.45, 2.75) is 12.6 Å². The van der Waals surface area contributed by atoms with E-state index in [-0.39, 0.29) is 0 Å². The van der Waals surface area contributed by atoms with E-state index in [0.29, 0.717) is 5.56 Å². The topological polar surface area (TPSA) is 59.1 Å². The number of hydrogen-bond acceptors (Lipinski definition) is 3. The van der Waals surface area contributed by atoms with Crippen LogP contribution in [0.1, 0.15) is 12.5 Å². The Morgan fingerprint density at radius 2 is 2.40 bits per heavy atom. The molecule has 1 aromatic rings. The molecule has 0 bridgehead atoms. The van der Waals surface area contributed by atoms with Crippen LogP contribution in [-0.4, -0.2) is 10.1 Å². The van der Waals surface area contributed by atoms with Crippen LogP contribution in [0.4, 0.5) is 0 Å². The third-order valence-electron chi connectivity index (χ3n) is 1.25. The zero-order valence-corrected chi connectivity index (χ0v) is 5.78. The maximum Gasteiger partial charge on any atom is 0.138 e. The molecule has 0 fully saturated rings. The lowest BCUT2D eigenvalue weighted by molar-refractivity contribution is 0.0643. The maximum atomic E-state index is 9.23. The van der Waals surface area contributed by atoms with Crippen molar-refractivity contribution in [1.82, 2.24) is 4.98 Å². The summed E-state index contributed by atoms with van der Waals surface area (Å²) in [5, 5.41) is 9.23. The van der Waals surface area contributed by atoms with Crippen LogP contribution in [0.3, 0.4) is 0 Å². The number of rotatable bonds is 1. The normalized spacial score (nSPS) is 16.3. The highest BCUT2D eigenvalue weighted by Gasteiger charge is 2.15. The van der Waals surface area contributed by atoms with Gasteiger partial charge in [-0.3, -0.25) is 10.7 Å². The lowest BCUT2D eigenvalue weighted by Crippen LogP contribution is -2.32. The molecule has 10 heavy (non-hydrogen) atoms. The van der Waals surface area contributed by atoms with Crippen molar-refractivity contribution >= 4 is 0 Å². The van der Waals surface area contributed by atoms with E-state index in [0.717, 1.165) is 0 Å². The summed E-state index contributed by atoms with van der Waals surface area (Å²) in [4.78, 5) is 3.81. The Labute approximate surface area is 59.5 Å². The van der Waals surface area contributed by atoms with Crippen LogP contribution in [0.2, 0.25) is 0 Å². The average molecular weight is 138 g/mol. The first-order chi connectivity index (χ1) is 4.61. The summed E-state index contributed by atoms with van der Waals surface area (Å²) in [6.45, 7) is 1.52. The van der Waals surface area contributed by atoms with Gasteiger partial charge in [-0.25, -0.2) is 0 Å². The quantitative estimate of drug-likeness (QED) is 0.545. The van der Waals surface area contributed by atoms with Crippen LogP contribution in [0.25, 0.3) is 0 Å². The Morgan fingerprint density at radius 3 is 2.70 bits per heavy atom. The number of nitrogens with zero attached hydrogens (tertiary/aromatic N) is 1. The summed E-state index contributed by atoms with van der Waals surface area (Å²) in [6, 6.07) is 3.46.